The standard InChI is InChI=1S/C12H18N6OS/c1-3-13-12-18-17-11(20-12)10(19)14-6-4-5-9-7-15-16-8(9)2/h7H,3-6H2,1-2H3,(H,13,18)(H,14,19)(H,15,16). The van der Waals surface area contributed by atoms with Crippen molar-refractivity contribution in [3.05, 3.63) is 22.5 Å². The minimum atomic E-state index is -0.171. The highest BCUT2D eigenvalue weighted by Gasteiger charge is 2.11. The first-order valence-electron chi connectivity index (χ1n) is 6.55. The van der Waals surface area contributed by atoms with Gasteiger partial charge in [0, 0.05) is 18.8 Å². The van der Waals surface area contributed by atoms with Crippen LogP contribution in [0.5, 0.6) is 0 Å². The van der Waals surface area contributed by atoms with Crippen molar-refractivity contribution in [2.45, 2.75) is 26.7 Å². The Balaban J connectivity index is 1.73. The maximum atomic E-state index is 11.8. The molecule has 0 saturated carbocycles. The molecule has 0 fully saturated rings. The number of nitrogens with zero attached hydrogens (tertiary/aromatic N) is 3. The molecule has 3 N–H and O–H groups in total. The normalized spacial score (nSPS) is 10.5. The number of carbonyl (C=O) groups is 1. The van der Waals surface area contributed by atoms with E-state index in [0.717, 1.165) is 25.1 Å². The summed E-state index contributed by atoms with van der Waals surface area (Å²) < 4.78 is 0. The molecule has 108 valence electrons. The molecule has 0 aliphatic carbocycles. The van der Waals surface area contributed by atoms with Gasteiger partial charge in [0.05, 0.1) is 6.20 Å². The summed E-state index contributed by atoms with van der Waals surface area (Å²) in [6, 6.07) is 0. The van der Waals surface area contributed by atoms with Crippen molar-refractivity contribution in [2.75, 3.05) is 18.4 Å². The number of nitrogens with one attached hydrogen (secondary N) is 3. The monoisotopic (exact) mass is 294 g/mol. The zero-order valence-electron chi connectivity index (χ0n) is 11.6. The Morgan fingerprint density at radius 2 is 2.30 bits per heavy atom. The Labute approximate surface area is 121 Å². The molecule has 2 aromatic rings. The summed E-state index contributed by atoms with van der Waals surface area (Å²) in [5.41, 5.74) is 2.26. The summed E-state index contributed by atoms with van der Waals surface area (Å²) in [5.74, 6) is -0.171. The molecule has 1 amide bonds. The zero-order chi connectivity index (χ0) is 14.4. The van der Waals surface area contributed by atoms with E-state index in [4.69, 9.17) is 0 Å². The quantitative estimate of drug-likeness (QED) is 0.670. The molecular formula is C12H18N6OS. The molecule has 0 aliphatic rings. The molecule has 0 bridgehead atoms. The molecule has 0 radical (unpaired) electrons. The number of carbonyl (C=O) groups excluding carboxylic acids is 1. The van der Waals surface area contributed by atoms with Gasteiger partial charge in [-0.05, 0) is 32.3 Å². The first kappa shape index (κ1) is 14.4. The van der Waals surface area contributed by atoms with Gasteiger partial charge in [0.1, 0.15) is 0 Å². The second-order valence-electron chi connectivity index (χ2n) is 4.32. The molecule has 2 heterocycles. The molecular weight excluding hydrogens is 276 g/mol. The van der Waals surface area contributed by atoms with E-state index in [1.54, 1.807) is 0 Å². The fraction of sp³-hybridized carbons (Fsp3) is 0.500. The Kier molecular flexibility index (Phi) is 5.05. The van der Waals surface area contributed by atoms with Gasteiger partial charge in [-0.3, -0.25) is 9.89 Å². The second kappa shape index (κ2) is 6.99. The van der Waals surface area contributed by atoms with Crippen LogP contribution in [0.15, 0.2) is 6.20 Å². The SMILES string of the molecule is CCNc1nnc(C(=O)NCCCc2cn[nH]c2C)s1. The molecule has 0 spiro atoms. The van der Waals surface area contributed by atoms with Crippen LogP contribution in [-0.4, -0.2) is 39.4 Å². The Bertz CT molecular complexity index is 564. The van der Waals surface area contributed by atoms with Crippen LogP contribution in [0.25, 0.3) is 0 Å². The number of aromatic nitrogens is 4. The van der Waals surface area contributed by atoms with Crippen LogP contribution >= 0.6 is 11.3 Å². The van der Waals surface area contributed by atoms with E-state index in [0.29, 0.717) is 16.7 Å². The maximum Gasteiger partial charge on any atom is 0.282 e. The molecule has 0 atom stereocenters. The average Bonchev–Trinajstić information content (AvgIpc) is 3.05. The predicted molar refractivity (Wildman–Crippen MR) is 78.1 cm³/mol. The summed E-state index contributed by atoms with van der Waals surface area (Å²) in [6.45, 7) is 5.34. The lowest BCUT2D eigenvalue weighted by molar-refractivity contribution is 0.0952. The minimum Gasteiger partial charge on any atom is -0.360 e. The first-order chi connectivity index (χ1) is 9.70. The molecule has 0 aromatic carbocycles. The topological polar surface area (TPSA) is 95.6 Å². The van der Waals surface area contributed by atoms with Gasteiger partial charge in [-0.15, -0.1) is 10.2 Å². The molecule has 0 unspecified atom stereocenters. The highest BCUT2D eigenvalue weighted by atomic mass is 32.1. The smallest absolute Gasteiger partial charge is 0.282 e. The van der Waals surface area contributed by atoms with Crippen molar-refractivity contribution in [1.29, 1.82) is 0 Å². The van der Waals surface area contributed by atoms with E-state index in [2.05, 4.69) is 31.0 Å². The zero-order valence-corrected chi connectivity index (χ0v) is 12.4. The van der Waals surface area contributed by atoms with Gasteiger partial charge in [0.25, 0.3) is 5.91 Å². The van der Waals surface area contributed by atoms with E-state index in [1.807, 2.05) is 20.0 Å². The number of H-pyrrole nitrogens is 1. The molecule has 0 aliphatic heterocycles. The number of aryl methyl sites for hydroxylation is 2. The number of amides is 1. The van der Waals surface area contributed by atoms with E-state index in [9.17, 15) is 4.79 Å². The summed E-state index contributed by atoms with van der Waals surface area (Å²) in [4.78, 5) is 11.8. The van der Waals surface area contributed by atoms with Crippen LogP contribution in [0.3, 0.4) is 0 Å². The van der Waals surface area contributed by atoms with Crippen LogP contribution in [0.4, 0.5) is 5.13 Å². The lowest BCUT2D eigenvalue weighted by atomic mass is 10.1. The third kappa shape index (κ3) is 3.77. The van der Waals surface area contributed by atoms with Crippen molar-refractivity contribution in [1.82, 2.24) is 25.7 Å². The molecule has 0 saturated heterocycles. The van der Waals surface area contributed by atoms with E-state index < -0.39 is 0 Å². The van der Waals surface area contributed by atoms with Crippen molar-refractivity contribution >= 4 is 22.4 Å². The fourth-order valence-electron chi connectivity index (χ4n) is 1.72. The number of hydrogen-bond acceptors (Lipinski definition) is 6. The van der Waals surface area contributed by atoms with E-state index in [1.165, 1.54) is 16.9 Å². The van der Waals surface area contributed by atoms with Crippen molar-refractivity contribution in [3.8, 4) is 0 Å². The van der Waals surface area contributed by atoms with Crippen molar-refractivity contribution < 1.29 is 4.79 Å². The van der Waals surface area contributed by atoms with Crippen LogP contribution in [0, 0.1) is 6.92 Å². The highest BCUT2D eigenvalue weighted by molar-refractivity contribution is 7.17. The third-order valence-electron chi connectivity index (χ3n) is 2.79. The van der Waals surface area contributed by atoms with Crippen LogP contribution in [-0.2, 0) is 6.42 Å². The second-order valence-corrected chi connectivity index (χ2v) is 5.30. The number of hydrogen-bond donors (Lipinski definition) is 3. The van der Waals surface area contributed by atoms with Crippen molar-refractivity contribution in [3.63, 3.8) is 0 Å². The summed E-state index contributed by atoms with van der Waals surface area (Å²) in [5, 5.41) is 21.6. The molecule has 8 heteroatoms. The lowest BCUT2D eigenvalue weighted by Gasteiger charge is -2.02. The van der Waals surface area contributed by atoms with Crippen LogP contribution < -0.4 is 10.6 Å². The molecule has 2 aromatic heterocycles. The van der Waals surface area contributed by atoms with E-state index >= 15 is 0 Å². The van der Waals surface area contributed by atoms with Gasteiger partial charge < -0.3 is 10.6 Å². The fourth-order valence-corrected chi connectivity index (χ4v) is 2.45. The molecule has 2 rings (SSSR count). The Morgan fingerprint density at radius 1 is 1.45 bits per heavy atom. The maximum absolute atomic E-state index is 11.8. The average molecular weight is 294 g/mol. The van der Waals surface area contributed by atoms with Gasteiger partial charge >= 0.3 is 0 Å². The van der Waals surface area contributed by atoms with Crippen molar-refractivity contribution in [2.24, 2.45) is 0 Å². The Hall–Kier alpha value is -1.96. The highest BCUT2D eigenvalue weighted by Crippen LogP contribution is 2.14. The van der Waals surface area contributed by atoms with Gasteiger partial charge in [-0.25, -0.2) is 0 Å². The van der Waals surface area contributed by atoms with E-state index in [-0.39, 0.29) is 5.91 Å². The van der Waals surface area contributed by atoms with Gasteiger partial charge in [0.15, 0.2) is 0 Å². The molecule has 20 heavy (non-hydrogen) atoms. The summed E-state index contributed by atoms with van der Waals surface area (Å²) in [7, 11) is 0. The largest absolute Gasteiger partial charge is 0.360 e. The first-order valence-corrected chi connectivity index (χ1v) is 7.36. The molecule has 7 nitrogen and oxygen atoms in total. The van der Waals surface area contributed by atoms with Gasteiger partial charge in [0.2, 0.25) is 10.1 Å². The third-order valence-corrected chi connectivity index (χ3v) is 3.67. The number of rotatable bonds is 7. The number of anilines is 1. The minimum absolute atomic E-state index is 0.171. The summed E-state index contributed by atoms with van der Waals surface area (Å²) >= 11 is 1.26. The lowest BCUT2D eigenvalue weighted by Crippen LogP contribution is -2.24. The van der Waals surface area contributed by atoms with Crippen LogP contribution in [0.1, 0.15) is 34.4 Å². The Morgan fingerprint density at radius 3 is 3.00 bits per heavy atom. The number of aromatic amines is 1. The van der Waals surface area contributed by atoms with Crippen LogP contribution in [0.2, 0.25) is 0 Å². The summed E-state index contributed by atoms with van der Waals surface area (Å²) in [6.07, 6.45) is 3.58. The predicted octanol–water partition coefficient (Wildman–Crippen LogP) is 1.36. The van der Waals surface area contributed by atoms with Gasteiger partial charge in [-0.2, -0.15) is 5.10 Å². The van der Waals surface area contributed by atoms with Gasteiger partial charge in [-0.1, -0.05) is 11.3 Å².